The van der Waals surface area contributed by atoms with Crippen molar-refractivity contribution < 1.29 is 18.6 Å². The highest BCUT2D eigenvalue weighted by Crippen LogP contribution is 2.19. The highest BCUT2D eigenvalue weighted by atomic mass is 19.2. The van der Waals surface area contributed by atoms with Gasteiger partial charge >= 0.3 is 0 Å². The van der Waals surface area contributed by atoms with Crippen molar-refractivity contribution in [2.75, 3.05) is 6.61 Å². The first-order valence-electron chi connectivity index (χ1n) is 4.40. The molecular formula is C10H12F2O2. The average Bonchev–Trinajstić information content (AvgIpc) is 2.20. The van der Waals surface area contributed by atoms with Crippen molar-refractivity contribution in [1.82, 2.24) is 0 Å². The first kappa shape index (κ1) is 10.9. The van der Waals surface area contributed by atoms with Crippen molar-refractivity contribution in [2.45, 2.75) is 19.4 Å². The quantitative estimate of drug-likeness (QED) is 0.810. The molecule has 14 heavy (non-hydrogen) atoms. The van der Waals surface area contributed by atoms with E-state index in [1.54, 1.807) is 6.92 Å². The molecule has 1 rings (SSSR count). The molecule has 0 heterocycles. The largest absolute Gasteiger partial charge is 0.488 e. The van der Waals surface area contributed by atoms with Crippen LogP contribution in [-0.4, -0.2) is 17.8 Å². The van der Waals surface area contributed by atoms with E-state index in [4.69, 9.17) is 9.84 Å². The third kappa shape index (κ3) is 2.67. The lowest BCUT2D eigenvalue weighted by Gasteiger charge is -2.10. The fourth-order valence-corrected chi connectivity index (χ4v) is 0.899. The highest BCUT2D eigenvalue weighted by Gasteiger charge is 2.09. The Morgan fingerprint density at radius 2 is 2.14 bits per heavy atom. The smallest absolute Gasteiger partial charge is 0.200 e. The summed E-state index contributed by atoms with van der Waals surface area (Å²) >= 11 is 0. The van der Waals surface area contributed by atoms with Crippen molar-refractivity contribution in [2.24, 2.45) is 0 Å². The monoisotopic (exact) mass is 202 g/mol. The van der Waals surface area contributed by atoms with Gasteiger partial charge < -0.3 is 9.84 Å². The van der Waals surface area contributed by atoms with Gasteiger partial charge in [0.05, 0.1) is 6.10 Å². The van der Waals surface area contributed by atoms with Gasteiger partial charge in [0.25, 0.3) is 0 Å². The highest BCUT2D eigenvalue weighted by molar-refractivity contribution is 5.24. The van der Waals surface area contributed by atoms with E-state index < -0.39 is 17.7 Å². The number of hydrogen-bond acceptors (Lipinski definition) is 2. The van der Waals surface area contributed by atoms with Crippen LogP contribution in [0.1, 0.15) is 13.3 Å². The van der Waals surface area contributed by atoms with E-state index in [9.17, 15) is 8.78 Å². The maximum atomic E-state index is 13.0. The van der Waals surface area contributed by atoms with Crippen LogP contribution in [0.15, 0.2) is 18.2 Å². The van der Waals surface area contributed by atoms with Crippen LogP contribution in [0, 0.1) is 11.6 Å². The second-order valence-corrected chi connectivity index (χ2v) is 2.93. The Hall–Kier alpha value is -1.16. The van der Waals surface area contributed by atoms with Crippen LogP contribution >= 0.6 is 0 Å². The predicted octanol–water partition coefficient (Wildman–Crippen LogP) is 2.11. The molecule has 0 radical (unpaired) electrons. The van der Waals surface area contributed by atoms with Crippen LogP contribution in [0.3, 0.4) is 0 Å². The second-order valence-electron chi connectivity index (χ2n) is 2.93. The Morgan fingerprint density at radius 1 is 1.43 bits per heavy atom. The van der Waals surface area contributed by atoms with Crippen molar-refractivity contribution in [3.05, 3.63) is 29.8 Å². The summed E-state index contributed by atoms with van der Waals surface area (Å²) in [4.78, 5) is 0. The number of aliphatic hydroxyl groups is 1. The van der Waals surface area contributed by atoms with Gasteiger partial charge in [-0.05, 0) is 18.6 Å². The number of halogens is 2. The molecule has 2 nitrogen and oxygen atoms in total. The first-order valence-corrected chi connectivity index (χ1v) is 4.40. The van der Waals surface area contributed by atoms with Gasteiger partial charge in [-0.2, -0.15) is 4.39 Å². The van der Waals surface area contributed by atoms with Crippen LogP contribution in [0.4, 0.5) is 8.78 Å². The van der Waals surface area contributed by atoms with Crippen LogP contribution in [0.5, 0.6) is 5.75 Å². The van der Waals surface area contributed by atoms with E-state index in [-0.39, 0.29) is 12.4 Å². The van der Waals surface area contributed by atoms with E-state index in [2.05, 4.69) is 0 Å². The third-order valence-electron chi connectivity index (χ3n) is 1.82. The molecule has 1 N–H and O–H groups in total. The molecule has 0 fully saturated rings. The van der Waals surface area contributed by atoms with Gasteiger partial charge in [-0.15, -0.1) is 0 Å². The molecule has 78 valence electrons. The number of hydrogen-bond donors (Lipinski definition) is 1. The van der Waals surface area contributed by atoms with Gasteiger partial charge in [-0.25, -0.2) is 4.39 Å². The normalized spacial score (nSPS) is 12.6. The number of aliphatic hydroxyl groups excluding tert-OH is 1. The zero-order valence-corrected chi connectivity index (χ0v) is 7.84. The molecule has 4 heteroatoms. The van der Waals surface area contributed by atoms with Crippen LogP contribution in [0.2, 0.25) is 0 Å². The number of benzene rings is 1. The van der Waals surface area contributed by atoms with Gasteiger partial charge in [-0.3, -0.25) is 0 Å². The molecule has 0 bridgehead atoms. The van der Waals surface area contributed by atoms with Crippen molar-refractivity contribution >= 4 is 0 Å². The summed E-state index contributed by atoms with van der Waals surface area (Å²) in [5.74, 6) is -2.14. The molecular weight excluding hydrogens is 190 g/mol. The van der Waals surface area contributed by atoms with Crippen LogP contribution in [0.25, 0.3) is 0 Å². The summed E-state index contributed by atoms with van der Waals surface area (Å²) in [7, 11) is 0. The molecule has 0 aromatic heterocycles. The summed E-state index contributed by atoms with van der Waals surface area (Å²) in [5, 5.41) is 9.14. The number of rotatable bonds is 4. The van der Waals surface area contributed by atoms with Crippen molar-refractivity contribution in [1.29, 1.82) is 0 Å². The maximum absolute atomic E-state index is 13.0. The van der Waals surface area contributed by atoms with Crippen molar-refractivity contribution in [3.8, 4) is 5.75 Å². The molecule has 0 spiro atoms. The van der Waals surface area contributed by atoms with Crippen LogP contribution in [-0.2, 0) is 0 Å². The molecule has 1 atom stereocenters. The summed E-state index contributed by atoms with van der Waals surface area (Å²) in [6.45, 7) is 1.74. The first-order chi connectivity index (χ1) is 6.65. The van der Waals surface area contributed by atoms with Crippen LogP contribution < -0.4 is 4.74 Å². The molecule has 0 aliphatic heterocycles. The van der Waals surface area contributed by atoms with Gasteiger partial charge in [-0.1, -0.05) is 13.0 Å². The Labute approximate surface area is 81.1 Å². The Kier molecular flexibility index (Phi) is 3.83. The minimum absolute atomic E-state index is 0.0309. The number of ether oxygens (including phenoxy) is 1. The lowest BCUT2D eigenvalue weighted by molar-refractivity contribution is 0.101. The fraction of sp³-hybridized carbons (Fsp3) is 0.400. The Bertz CT molecular complexity index is 302. The SMILES string of the molecule is CC[C@H](O)COc1cccc(F)c1F. The molecule has 1 aromatic carbocycles. The van der Waals surface area contributed by atoms with E-state index >= 15 is 0 Å². The standard InChI is InChI=1S/C10H12F2O2/c1-2-7(13)6-14-9-5-3-4-8(11)10(9)12/h3-5,7,13H,2,6H2,1H3/t7-/m0/s1. The van der Waals surface area contributed by atoms with Gasteiger partial charge in [0, 0.05) is 0 Å². The van der Waals surface area contributed by atoms with E-state index in [0.717, 1.165) is 6.07 Å². The zero-order valence-electron chi connectivity index (χ0n) is 7.84. The lowest BCUT2D eigenvalue weighted by atomic mass is 10.3. The minimum Gasteiger partial charge on any atom is -0.488 e. The molecule has 0 aliphatic rings. The third-order valence-corrected chi connectivity index (χ3v) is 1.82. The van der Waals surface area contributed by atoms with E-state index in [0.29, 0.717) is 6.42 Å². The summed E-state index contributed by atoms with van der Waals surface area (Å²) in [6.07, 6.45) is -0.144. The fourth-order valence-electron chi connectivity index (χ4n) is 0.899. The van der Waals surface area contributed by atoms with E-state index in [1.807, 2.05) is 0 Å². The predicted molar refractivity (Wildman–Crippen MR) is 48.2 cm³/mol. The average molecular weight is 202 g/mol. The maximum Gasteiger partial charge on any atom is 0.200 e. The minimum atomic E-state index is -1.02. The molecule has 1 aromatic rings. The summed E-state index contributed by atoms with van der Waals surface area (Å²) < 4.78 is 30.5. The van der Waals surface area contributed by atoms with Gasteiger partial charge in [0.1, 0.15) is 6.61 Å². The molecule has 0 amide bonds. The Morgan fingerprint density at radius 3 is 2.79 bits per heavy atom. The zero-order chi connectivity index (χ0) is 10.6. The second kappa shape index (κ2) is 4.91. The molecule has 0 aliphatic carbocycles. The molecule has 0 unspecified atom stereocenters. The lowest BCUT2D eigenvalue weighted by Crippen LogP contribution is -2.16. The van der Waals surface area contributed by atoms with Gasteiger partial charge in [0.15, 0.2) is 11.6 Å². The van der Waals surface area contributed by atoms with Crippen molar-refractivity contribution in [3.63, 3.8) is 0 Å². The van der Waals surface area contributed by atoms with E-state index in [1.165, 1.54) is 12.1 Å². The summed E-state index contributed by atoms with van der Waals surface area (Å²) in [6, 6.07) is 3.69. The Balaban J connectivity index is 2.63. The molecule has 0 saturated carbocycles. The molecule has 0 saturated heterocycles. The topological polar surface area (TPSA) is 29.5 Å². The summed E-state index contributed by atoms with van der Waals surface area (Å²) in [5.41, 5.74) is 0. The van der Waals surface area contributed by atoms with Gasteiger partial charge in [0.2, 0.25) is 5.82 Å².